The number of carbonyl (C=O) groups is 1. The summed E-state index contributed by atoms with van der Waals surface area (Å²) in [6, 6.07) is 11.5. The van der Waals surface area contributed by atoms with Crippen molar-refractivity contribution in [3.8, 4) is 23.2 Å². The van der Waals surface area contributed by atoms with Crippen LogP contribution in [-0.4, -0.2) is 33.0 Å². The number of thioether (sulfide) groups is 1. The molecule has 3 aromatic rings. The van der Waals surface area contributed by atoms with Gasteiger partial charge < -0.3 is 14.6 Å². The molecule has 29 heavy (non-hydrogen) atoms. The van der Waals surface area contributed by atoms with Crippen molar-refractivity contribution >= 4 is 34.0 Å². The Morgan fingerprint density at radius 3 is 2.83 bits per heavy atom. The van der Waals surface area contributed by atoms with Gasteiger partial charge in [-0.1, -0.05) is 25.1 Å². The van der Waals surface area contributed by atoms with Crippen molar-refractivity contribution < 1.29 is 9.53 Å². The third-order valence-corrected chi connectivity index (χ3v) is 5.94. The summed E-state index contributed by atoms with van der Waals surface area (Å²) in [6.07, 6.45) is 2.13. The predicted octanol–water partition coefficient (Wildman–Crippen LogP) is 4.32. The first-order valence-corrected chi connectivity index (χ1v) is 11.0. The van der Waals surface area contributed by atoms with Gasteiger partial charge in [0.05, 0.1) is 17.9 Å². The second-order valence-electron chi connectivity index (χ2n) is 6.20. The molecule has 150 valence electrons. The van der Waals surface area contributed by atoms with E-state index >= 15 is 0 Å². The third kappa shape index (κ3) is 5.37. The Hall–Kier alpha value is -2.83. The summed E-state index contributed by atoms with van der Waals surface area (Å²) in [4.78, 5) is 12.2. The minimum atomic E-state index is -0.188. The quantitative estimate of drug-likeness (QED) is 0.404. The number of benzene rings is 1. The Kier molecular flexibility index (Phi) is 7.27. The second kappa shape index (κ2) is 10.1. The van der Waals surface area contributed by atoms with E-state index in [0.717, 1.165) is 30.0 Å². The molecule has 2 heterocycles. The van der Waals surface area contributed by atoms with Crippen molar-refractivity contribution in [3.63, 3.8) is 0 Å². The van der Waals surface area contributed by atoms with Crippen molar-refractivity contribution in [2.45, 2.75) is 24.9 Å². The number of ether oxygens (including phenoxy) is 1. The monoisotopic (exact) mass is 427 g/mol. The van der Waals surface area contributed by atoms with Gasteiger partial charge in [0.25, 0.3) is 0 Å². The molecule has 0 atom stereocenters. The lowest BCUT2D eigenvalue weighted by atomic mass is 10.2. The molecule has 7 nitrogen and oxygen atoms in total. The van der Waals surface area contributed by atoms with Gasteiger partial charge in [-0.25, -0.2) is 0 Å². The van der Waals surface area contributed by atoms with Gasteiger partial charge in [-0.3, -0.25) is 4.79 Å². The van der Waals surface area contributed by atoms with E-state index in [4.69, 9.17) is 10.00 Å². The van der Waals surface area contributed by atoms with Crippen LogP contribution in [0, 0.1) is 11.3 Å². The summed E-state index contributed by atoms with van der Waals surface area (Å²) in [6.45, 7) is 2.84. The van der Waals surface area contributed by atoms with Gasteiger partial charge in [0.15, 0.2) is 11.0 Å². The molecule has 0 aliphatic carbocycles. The third-order valence-electron chi connectivity index (χ3n) is 4.09. The molecule has 0 saturated carbocycles. The molecule has 3 rings (SSSR count). The summed E-state index contributed by atoms with van der Waals surface area (Å²) in [5, 5.41) is 23.2. The van der Waals surface area contributed by atoms with Crippen LogP contribution in [0.5, 0.6) is 5.75 Å². The number of carbonyl (C=O) groups excluding carboxylic acids is 1. The molecule has 0 aliphatic rings. The number of nitrogens with one attached hydrogen (secondary N) is 1. The van der Waals surface area contributed by atoms with Crippen LogP contribution in [0.25, 0.3) is 11.4 Å². The Morgan fingerprint density at radius 2 is 2.10 bits per heavy atom. The van der Waals surface area contributed by atoms with Crippen LogP contribution in [0.15, 0.2) is 40.9 Å². The maximum absolute atomic E-state index is 12.2. The average Bonchev–Trinajstić information content (AvgIpc) is 3.33. The molecule has 9 heteroatoms. The van der Waals surface area contributed by atoms with E-state index in [1.165, 1.54) is 23.1 Å². The van der Waals surface area contributed by atoms with Crippen LogP contribution >= 0.6 is 23.1 Å². The van der Waals surface area contributed by atoms with Crippen LogP contribution in [0.2, 0.25) is 0 Å². The number of rotatable bonds is 9. The van der Waals surface area contributed by atoms with E-state index in [9.17, 15) is 4.79 Å². The first-order chi connectivity index (χ1) is 14.1. The highest BCUT2D eigenvalue weighted by molar-refractivity contribution is 7.99. The van der Waals surface area contributed by atoms with Crippen LogP contribution < -0.4 is 10.1 Å². The summed E-state index contributed by atoms with van der Waals surface area (Å²) in [7, 11) is 1.87. The molecular weight excluding hydrogens is 406 g/mol. The number of hydrogen-bond donors (Lipinski definition) is 1. The summed E-state index contributed by atoms with van der Waals surface area (Å²) in [5.41, 5.74) is 1.40. The number of unbranched alkanes of at least 4 members (excludes halogenated alkanes) is 1. The fourth-order valence-corrected chi connectivity index (χ4v) is 3.98. The van der Waals surface area contributed by atoms with E-state index in [-0.39, 0.29) is 11.7 Å². The van der Waals surface area contributed by atoms with Gasteiger partial charge in [0.2, 0.25) is 5.91 Å². The Balaban J connectivity index is 1.59. The van der Waals surface area contributed by atoms with Crippen molar-refractivity contribution in [2.24, 2.45) is 7.05 Å². The average molecular weight is 428 g/mol. The largest absolute Gasteiger partial charge is 0.494 e. The fraction of sp³-hybridized carbons (Fsp3) is 0.300. The Labute approximate surface area is 177 Å². The molecule has 1 N–H and O–H groups in total. The van der Waals surface area contributed by atoms with E-state index in [1.807, 2.05) is 35.9 Å². The standard InChI is InChI=1S/C20H21N5O2S2/c1-3-4-10-27-16-7-5-14(6-8-16)18-23-24-20(25(18)2)29-13-17(26)22-19-15(12-21)9-11-28-19/h5-9,11H,3-4,10,13H2,1-2H3,(H,22,26). The van der Waals surface area contributed by atoms with Crippen LogP contribution in [0.4, 0.5) is 5.00 Å². The fourth-order valence-electron chi connectivity index (χ4n) is 2.51. The predicted molar refractivity (Wildman–Crippen MR) is 115 cm³/mol. The Morgan fingerprint density at radius 1 is 1.31 bits per heavy atom. The maximum atomic E-state index is 12.2. The maximum Gasteiger partial charge on any atom is 0.235 e. The minimum Gasteiger partial charge on any atom is -0.494 e. The molecule has 0 saturated heterocycles. The zero-order valence-electron chi connectivity index (χ0n) is 16.2. The molecule has 1 aromatic carbocycles. The van der Waals surface area contributed by atoms with Crippen LogP contribution in [0.1, 0.15) is 25.3 Å². The van der Waals surface area contributed by atoms with Crippen molar-refractivity contribution in [2.75, 3.05) is 17.7 Å². The van der Waals surface area contributed by atoms with Crippen molar-refractivity contribution in [1.82, 2.24) is 14.8 Å². The summed E-state index contributed by atoms with van der Waals surface area (Å²) in [5.74, 6) is 1.55. The van der Waals surface area contributed by atoms with Gasteiger partial charge >= 0.3 is 0 Å². The number of amides is 1. The number of nitriles is 1. The van der Waals surface area contributed by atoms with Crippen LogP contribution in [0.3, 0.4) is 0 Å². The first-order valence-electron chi connectivity index (χ1n) is 9.15. The molecule has 0 bridgehead atoms. The highest BCUT2D eigenvalue weighted by Gasteiger charge is 2.14. The normalized spacial score (nSPS) is 10.5. The van der Waals surface area contributed by atoms with E-state index < -0.39 is 0 Å². The van der Waals surface area contributed by atoms with E-state index in [0.29, 0.717) is 22.3 Å². The number of aromatic nitrogens is 3. The first kappa shape index (κ1) is 20.9. The molecule has 1 amide bonds. The molecular formula is C20H21N5O2S2. The zero-order chi connectivity index (χ0) is 20.6. The minimum absolute atomic E-state index is 0.180. The molecule has 2 aromatic heterocycles. The van der Waals surface area contributed by atoms with Crippen molar-refractivity contribution in [1.29, 1.82) is 5.26 Å². The van der Waals surface area contributed by atoms with Gasteiger partial charge in [-0.15, -0.1) is 21.5 Å². The molecule has 0 unspecified atom stereocenters. The second-order valence-corrected chi connectivity index (χ2v) is 8.06. The van der Waals surface area contributed by atoms with Gasteiger partial charge in [0, 0.05) is 12.6 Å². The van der Waals surface area contributed by atoms with Gasteiger partial charge in [-0.2, -0.15) is 5.26 Å². The highest BCUT2D eigenvalue weighted by Crippen LogP contribution is 2.26. The number of anilines is 1. The van der Waals surface area contributed by atoms with Crippen LogP contribution in [-0.2, 0) is 11.8 Å². The van der Waals surface area contributed by atoms with Gasteiger partial charge in [-0.05, 0) is 42.1 Å². The van der Waals surface area contributed by atoms with E-state index in [2.05, 4.69) is 28.5 Å². The molecule has 0 radical (unpaired) electrons. The van der Waals surface area contributed by atoms with Gasteiger partial charge in [0.1, 0.15) is 16.8 Å². The lowest BCUT2D eigenvalue weighted by Gasteiger charge is -2.07. The Bertz CT molecular complexity index is 1000. The molecule has 0 aliphatic heterocycles. The topological polar surface area (TPSA) is 92.8 Å². The summed E-state index contributed by atoms with van der Waals surface area (Å²) >= 11 is 2.63. The number of nitrogens with zero attached hydrogens (tertiary/aromatic N) is 4. The van der Waals surface area contributed by atoms with E-state index in [1.54, 1.807) is 11.4 Å². The highest BCUT2D eigenvalue weighted by atomic mass is 32.2. The van der Waals surface area contributed by atoms with Crippen molar-refractivity contribution in [3.05, 3.63) is 41.3 Å². The lowest BCUT2D eigenvalue weighted by molar-refractivity contribution is -0.113. The smallest absolute Gasteiger partial charge is 0.235 e. The number of hydrogen-bond acceptors (Lipinski definition) is 7. The molecule has 0 spiro atoms. The SMILES string of the molecule is CCCCOc1ccc(-c2nnc(SCC(=O)Nc3sccc3C#N)n2C)cc1. The summed E-state index contributed by atoms with van der Waals surface area (Å²) < 4.78 is 7.54. The molecule has 0 fully saturated rings. The number of thiophene rings is 1. The zero-order valence-corrected chi connectivity index (χ0v) is 17.8. The lowest BCUT2D eigenvalue weighted by Crippen LogP contribution is -2.14.